The number of carbonyl (C=O) groups is 1. The molecule has 0 bridgehead atoms. The number of halogens is 1. The molecule has 2 N–H and O–H groups in total. The SMILES string of the molecule is Cc1cc(Nc2ccc(NC(=O)C3CCC3)nn2)ccc1Br. The number of nitrogens with zero attached hydrogens (tertiary/aromatic N) is 2. The number of carbonyl (C=O) groups excluding carboxylic acids is 1. The second-order valence-electron chi connectivity index (χ2n) is 5.51. The van der Waals surface area contributed by atoms with Crippen LogP contribution in [0.4, 0.5) is 17.3 Å². The van der Waals surface area contributed by atoms with Crippen molar-refractivity contribution in [1.29, 1.82) is 0 Å². The fourth-order valence-electron chi connectivity index (χ4n) is 2.23. The first-order chi connectivity index (χ1) is 10.6. The van der Waals surface area contributed by atoms with Crippen LogP contribution in [0.15, 0.2) is 34.8 Å². The van der Waals surface area contributed by atoms with Crippen molar-refractivity contribution in [3.63, 3.8) is 0 Å². The number of amides is 1. The molecule has 1 aromatic heterocycles. The largest absolute Gasteiger partial charge is 0.339 e. The Hall–Kier alpha value is -1.95. The maximum atomic E-state index is 11.8. The minimum atomic E-state index is 0.0461. The molecule has 1 amide bonds. The standard InChI is InChI=1S/C16H17BrN4O/c1-10-9-12(5-6-13(10)17)18-14-7-8-15(21-20-14)19-16(22)11-3-2-4-11/h5-9,11H,2-4H2,1H3,(H,18,20)(H,19,21,22). The van der Waals surface area contributed by atoms with Crippen LogP contribution in [-0.2, 0) is 4.79 Å². The van der Waals surface area contributed by atoms with E-state index in [4.69, 9.17) is 0 Å². The van der Waals surface area contributed by atoms with Gasteiger partial charge in [-0.25, -0.2) is 0 Å². The van der Waals surface area contributed by atoms with E-state index >= 15 is 0 Å². The second-order valence-corrected chi connectivity index (χ2v) is 6.36. The molecule has 2 aromatic rings. The zero-order valence-electron chi connectivity index (χ0n) is 12.3. The van der Waals surface area contributed by atoms with E-state index in [0.29, 0.717) is 11.6 Å². The zero-order valence-corrected chi connectivity index (χ0v) is 13.9. The summed E-state index contributed by atoms with van der Waals surface area (Å²) in [5.41, 5.74) is 2.09. The number of hydrogen-bond donors (Lipinski definition) is 2. The molecule has 1 aliphatic rings. The van der Waals surface area contributed by atoms with Crippen molar-refractivity contribution >= 4 is 39.2 Å². The van der Waals surface area contributed by atoms with Crippen LogP contribution in [0, 0.1) is 12.8 Å². The molecule has 1 heterocycles. The van der Waals surface area contributed by atoms with Crippen molar-refractivity contribution in [2.24, 2.45) is 5.92 Å². The summed E-state index contributed by atoms with van der Waals surface area (Å²) >= 11 is 3.47. The Morgan fingerprint density at radius 1 is 1.18 bits per heavy atom. The van der Waals surface area contributed by atoms with Gasteiger partial charge >= 0.3 is 0 Å². The van der Waals surface area contributed by atoms with Gasteiger partial charge in [-0.05, 0) is 55.7 Å². The molecule has 114 valence electrons. The Kier molecular flexibility index (Phi) is 4.38. The Labute approximate surface area is 137 Å². The van der Waals surface area contributed by atoms with Crippen LogP contribution < -0.4 is 10.6 Å². The second kappa shape index (κ2) is 6.44. The molecular weight excluding hydrogens is 344 g/mol. The molecule has 0 saturated heterocycles. The van der Waals surface area contributed by atoms with Gasteiger partial charge in [0.25, 0.3) is 0 Å². The predicted molar refractivity (Wildman–Crippen MR) is 90.2 cm³/mol. The Morgan fingerprint density at radius 3 is 2.50 bits per heavy atom. The van der Waals surface area contributed by atoms with Gasteiger partial charge in [-0.2, -0.15) is 0 Å². The van der Waals surface area contributed by atoms with Crippen LogP contribution in [0.25, 0.3) is 0 Å². The van der Waals surface area contributed by atoms with E-state index in [0.717, 1.165) is 35.0 Å². The van der Waals surface area contributed by atoms with Crippen LogP contribution in [0.1, 0.15) is 24.8 Å². The van der Waals surface area contributed by atoms with Crippen molar-refractivity contribution in [3.8, 4) is 0 Å². The molecule has 1 aromatic carbocycles. The maximum absolute atomic E-state index is 11.8. The smallest absolute Gasteiger partial charge is 0.228 e. The van der Waals surface area contributed by atoms with Gasteiger partial charge in [0.2, 0.25) is 5.91 Å². The summed E-state index contributed by atoms with van der Waals surface area (Å²) in [6, 6.07) is 9.54. The van der Waals surface area contributed by atoms with Crippen molar-refractivity contribution in [2.75, 3.05) is 10.6 Å². The highest BCUT2D eigenvalue weighted by atomic mass is 79.9. The lowest BCUT2D eigenvalue weighted by atomic mass is 9.85. The quantitative estimate of drug-likeness (QED) is 0.863. The topological polar surface area (TPSA) is 66.9 Å². The number of rotatable bonds is 4. The number of aromatic nitrogens is 2. The third-order valence-electron chi connectivity index (χ3n) is 3.82. The van der Waals surface area contributed by atoms with Gasteiger partial charge in [0.15, 0.2) is 11.6 Å². The molecule has 0 radical (unpaired) electrons. The fourth-order valence-corrected chi connectivity index (χ4v) is 2.48. The minimum absolute atomic E-state index is 0.0461. The van der Waals surface area contributed by atoms with Gasteiger partial charge in [0, 0.05) is 16.1 Å². The molecule has 3 rings (SSSR count). The van der Waals surface area contributed by atoms with E-state index in [9.17, 15) is 4.79 Å². The first kappa shape index (κ1) is 15.0. The van der Waals surface area contributed by atoms with E-state index in [1.54, 1.807) is 12.1 Å². The van der Waals surface area contributed by atoms with E-state index < -0.39 is 0 Å². The van der Waals surface area contributed by atoms with E-state index in [2.05, 4.69) is 36.8 Å². The maximum Gasteiger partial charge on any atom is 0.228 e. The van der Waals surface area contributed by atoms with Gasteiger partial charge < -0.3 is 10.6 Å². The minimum Gasteiger partial charge on any atom is -0.339 e. The summed E-state index contributed by atoms with van der Waals surface area (Å²) in [6.45, 7) is 2.03. The molecular formula is C16H17BrN4O. The molecule has 1 fully saturated rings. The van der Waals surface area contributed by atoms with E-state index in [-0.39, 0.29) is 11.8 Å². The Balaban J connectivity index is 1.63. The third kappa shape index (κ3) is 3.44. The summed E-state index contributed by atoms with van der Waals surface area (Å²) in [5, 5.41) is 14.1. The van der Waals surface area contributed by atoms with Crippen LogP contribution in [0.5, 0.6) is 0 Å². The molecule has 0 spiro atoms. The highest BCUT2D eigenvalue weighted by Gasteiger charge is 2.25. The summed E-state index contributed by atoms with van der Waals surface area (Å²) in [6.07, 6.45) is 3.09. The van der Waals surface area contributed by atoms with Gasteiger partial charge in [-0.15, -0.1) is 10.2 Å². The van der Waals surface area contributed by atoms with Gasteiger partial charge in [0.05, 0.1) is 0 Å². The van der Waals surface area contributed by atoms with Crippen LogP contribution in [0.3, 0.4) is 0 Å². The summed E-state index contributed by atoms with van der Waals surface area (Å²) in [7, 11) is 0. The Bertz CT molecular complexity index is 683. The molecule has 1 aliphatic carbocycles. The lowest BCUT2D eigenvalue weighted by Gasteiger charge is -2.23. The highest BCUT2D eigenvalue weighted by molar-refractivity contribution is 9.10. The Morgan fingerprint density at radius 2 is 1.91 bits per heavy atom. The number of anilines is 3. The van der Waals surface area contributed by atoms with Gasteiger partial charge in [0.1, 0.15) is 0 Å². The first-order valence-corrected chi connectivity index (χ1v) is 8.09. The number of benzene rings is 1. The molecule has 5 nitrogen and oxygen atoms in total. The van der Waals surface area contributed by atoms with E-state index in [1.807, 2.05) is 25.1 Å². The molecule has 0 unspecified atom stereocenters. The van der Waals surface area contributed by atoms with Crippen LogP contribution in [-0.4, -0.2) is 16.1 Å². The van der Waals surface area contributed by atoms with Gasteiger partial charge in [-0.1, -0.05) is 22.4 Å². The third-order valence-corrected chi connectivity index (χ3v) is 4.71. The molecule has 0 aliphatic heterocycles. The van der Waals surface area contributed by atoms with Crippen LogP contribution in [0.2, 0.25) is 0 Å². The fraction of sp³-hybridized carbons (Fsp3) is 0.312. The molecule has 22 heavy (non-hydrogen) atoms. The van der Waals surface area contributed by atoms with Crippen molar-refractivity contribution in [3.05, 3.63) is 40.4 Å². The monoisotopic (exact) mass is 360 g/mol. The van der Waals surface area contributed by atoms with Crippen molar-refractivity contribution < 1.29 is 4.79 Å². The first-order valence-electron chi connectivity index (χ1n) is 7.29. The molecule has 6 heteroatoms. The van der Waals surface area contributed by atoms with Gasteiger partial charge in [-0.3, -0.25) is 4.79 Å². The zero-order chi connectivity index (χ0) is 15.5. The number of nitrogens with one attached hydrogen (secondary N) is 2. The van der Waals surface area contributed by atoms with Crippen molar-refractivity contribution in [2.45, 2.75) is 26.2 Å². The molecule has 0 atom stereocenters. The number of aryl methyl sites for hydroxylation is 1. The predicted octanol–water partition coefficient (Wildman–Crippen LogP) is 4.03. The van der Waals surface area contributed by atoms with Crippen LogP contribution >= 0.6 is 15.9 Å². The average Bonchev–Trinajstić information content (AvgIpc) is 2.43. The average molecular weight is 361 g/mol. The summed E-state index contributed by atoms with van der Waals surface area (Å²) in [5.74, 6) is 1.33. The lowest BCUT2D eigenvalue weighted by Crippen LogP contribution is -2.28. The number of hydrogen-bond acceptors (Lipinski definition) is 4. The molecule has 1 saturated carbocycles. The summed E-state index contributed by atoms with van der Waals surface area (Å²) < 4.78 is 1.07. The van der Waals surface area contributed by atoms with E-state index in [1.165, 1.54) is 0 Å². The highest BCUT2D eigenvalue weighted by Crippen LogP contribution is 2.27. The summed E-state index contributed by atoms with van der Waals surface area (Å²) in [4.78, 5) is 11.8. The normalized spacial score (nSPS) is 14.3. The van der Waals surface area contributed by atoms with Crippen molar-refractivity contribution in [1.82, 2.24) is 10.2 Å². The lowest BCUT2D eigenvalue weighted by molar-refractivity contribution is -0.122.